The Bertz CT molecular complexity index is 111. The zero-order valence-corrected chi connectivity index (χ0v) is 4.50. The molecule has 1 aliphatic rings. The number of halogens is 1. The van der Waals surface area contributed by atoms with Crippen LogP contribution in [0.3, 0.4) is 0 Å². The predicted octanol–water partition coefficient (Wildman–Crippen LogP) is 1.95. The van der Waals surface area contributed by atoms with Crippen LogP contribution < -0.4 is 0 Å². The van der Waals surface area contributed by atoms with Crippen LogP contribution in [-0.4, -0.2) is 0 Å². The van der Waals surface area contributed by atoms with E-state index >= 15 is 0 Å². The summed E-state index contributed by atoms with van der Waals surface area (Å²) in [7, 11) is 0. The Morgan fingerprint density at radius 2 is 2.57 bits per heavy atom. The Labute approximate surface area is 48.5 Å². The van der Waals surface area contributed by atoms with E-state index in [4.69, 9.17) is 11.6 Å². The van der Waals surface area contributed by atoms with E-state index in [1.165, 1.54) is 0 Å². The normalized spacial score (nSPS) is 19.3. The molecule has 0 nitrogen and oxygen atoms in total. The average molecular weight is 112 g/mol. The molecule has 0 aromatic heterocycles. The van der Waals surface area contributed by atoms with Crippen LogP contribution in [0, 0.1) is 12.5 Å². The van der Waals surface area contributed by atoms with Gasteiger partial charge in [-0.05, 0) is 18.6 Å². The van der Waals surface area contributed by atoms with Gasteiger partial charge in [0.2, 0.25) is 0 Å². The molecule has 0 unspecified atom stereocenters. The second-order valence-corrected chi connectivity index (χ2v) is 1.65. The van der Waals surface area contributed by atoms with Crippen LogP contribution in [0.15, 0.2) is 17.2 Å². The maximum absolute atomic E-state index is 5.50. The van der Waals surface area contributed by atoms with Gasteiger partial charge in [0.1, 0.15) is 0 Å². The highest BCUT2D eigenvalue weighted by Crippen LogP contribution is 2.12. The van der Waals surface area contributed by atoms with E-state index in [1.807, 2.05) is 0 Å². The van der Waals surface area contributed by atoms with E-state index < -0.39 is 0 Å². The maximum atomic E-state index is 5.50. The summed E-state index contributed by atoms with van der Waals surface area (Å²) in [6.45, 7) is 0. The third-order valence-corrected chi connectivity index (χ3v) is 0.966. The fraction of sp³-hybridized carbons (Fsp3) is 0.167. The minimum Gasteiger partial charge on any atom is -0.0885 e. The van der Waals surface area contributed by atoms with E-state index in [2.05, 4.69) is 12.5 Å². The molecule has 0 heterocycles. The van der Waals surface area contributed by atoms with Crippen molar-refractivity contribution in [3.05, 3.63) is 29.7 Å². The molecule has 3 radical (unpaired) electrons. The highest BCUT2D eigenvalue weighted by atomic mass is 35.5. The number of rotatable bonds is 0. The maximum Gasteiger partial charge on any atom is 0.0337 e. The minimum absolute atomic E-state index is 0.693. The molecule has 0 aromatic rings. The molecule has 0 fully saturated rings. The average Bonchev–Trinajstić information content (AvgIpc) is 1.69. The van der Waals surface area contributed by atoms with Gasteiger partial charge < -0.3 is 0 Å². The minimum atomic E-state index is 0.693. The molecule has 0 amide bonds. The van der Waals surface area contributed by atoms with Gasteiger partial charge in [0.05, 0.1) is 0 Å². The largest absolute Gasteiger partial charge is 0.0885 e. The van der Waals surface area contributed by atoms with Crippen molar-refractivity contribution in [3.8, 4) is 0 Å². The second kappa shape index (κ2) is 2.17. The third kappa shape index (κ3) is 1.36. The lowest BCUT2D eigenvalue weighted by Gasteiger charge is -1.94. The molecule has 7 heavy (non-hydrogen) atoms. The molecule has 0 atom stereocenters. The van der Waals surface area contributed by atoms with Crippen LogP contribution in [-0.2, 0) is 0 Å². The van der Waals surface area contributed by atoms with Gasteiger partial charge in [-0.3, -0.25) is 0 Å². The Morgan fingerprint density at radius 1 is 1.71 bits per heavy atom. The van der Waals surface area contributed by atoms with Crippen molar-refractivity contribution in [1.29, 1.82) is 0 Å². The lowest BCUT2D eigenvalue weighted by atomic mass is 10.2. The summed E-state index contributed by atoms with van der Waals surface area (Å²) in [5.41, 5.74) is 0. The second-order valence-electron chi connectivity index (χ2n) is 1.24. The molecule has 1 aliphatic carbocycles. The topological polar surface area (TPSA) is 0 Å². The zero-order valence-electron chi connectivity index (χ0n) is 3.74. The van der Waals surface area contributed by atoms with Gasteiger partial charge in [0, 0.05) is 11.5 Å². The monoisotopic (exact) mass is 111 g/mol. The Hall–Kier alpha value is -0.230. The smallest absolute Gasteiger partial charge is 0.0337 e. The summed E-state index contributed by atoms with van der Waals surface area (Å²) >= 11 is 5.50. The van der Waals surface area contributed by atoms with Crippen molar-refractivity contribution in [2.24, 2.45) is 0 Å². The van der Waals surface area contributed by atoms with Crippen molar-refractivity contribution in [2.45, 2.75) is 6.42 Å². The number of hydrogen-bond donors (Lipinski definition) is 0. The van der Waals surface area contributed by atoms with Gasteiger partial charge in [0.15, 0.2) is 0 Å². The van der Waals surface area contributed by atoms with Crippen molar-refractivity contribution in [1.82, 2.24) is 0 Å². The van der Waals surface area contributed by atoms with Crippen molar-refractivity contribution in [3.63, 3.8) is 0 Å². The van der Waals surface area contributed by atoms with Crippen LogP contribution in [0.4, 0.5) is 0 Å². The molecule has 1 rings (SSSR count). The van der Waals surface area contributed by atoms with Gasteiger partial charge in [-0.2, -0.15) is 0 Å². The Kier molecular flexibility index (Phi) is 1.53. The summed E-state index contributed by atoms with van der Waals surface area (Å²) < 4.78 is 0. The quantitative estimate of drug-likeness (QED) is 0.448. The molecule has 0 bridgehead atoms. The summed E-state index contributed by atoms with van der Waals surface area (Å²) in [4.78, 5) is 0. The highest BCUT2D eigenvalue weighted by molar-refractivity contribution is 6.30. The zero-order chi connectivity index (χ0) is 5.11. The molecule has 0 saturated heterocycles. The summed E-state index contributed by atoms with van der Waals surface area (Å²) in [5, 5.41) is 0.693. The van der Waals surface area contributed by atoms with Gasteiger partial charge in [-0.25, -0.2) is 0 Å². The molecule has 0 N–H and O–H groups in total. The third-order valence-electron chi connectivity index (χ3n) is 0.707. The van der Waals surface area contributed by atoms with E-state index in [-0.39, 0.29) is 0 Å². The van der Waals surface area contributed by atoms with E-state index in [0.29, 0.717) is 5.03 Å². The first-order valence-electron chi connectivity index (χ1n) is 2.06. The Morgan fingerprint density at radius 3 is 2.86 bits per heavy atom. The predicted molar refractivity (Wildman–Crippen MR) is 29.6 cm³/mol. The van der Waals surface area contributed by atoms with Crippen molar-refractivity contribution < 1.29 is 0 Å². The van der Waals surface area contributed by atoms with Gasteiger partial charge >= 0.3 is 0 Å². The van der Waals surface area contributed by atoms with E-state index in [1.54, 1.807) is 12.2 Å². The standard InChI is InChI=1S/C6H4Cl/c7-6-4-2-1-3-5-6/h2,4H,3H2. The van der Waals surface area contributed by atoms with Crippen molar-refractivity contribution in [2.75, 3.05) is 0 Å². The highest BCUT2D eigenvalue weighted by Gasteiger charge is 1.93. The molecule has 35 valence electrons. The number of allylic oxidation sites excluding steroid dienone is 4. The van der Waals surface area contributed by atoms with Crippen LogP contribution in [0.5, 0.6) is 0 Å². The number of hydrogen-bond acceptors (Lipinski definition) is 0. The molecular formula is C6H4Cl. The van der Waals surface area contributed by atoms with E-state index in [0.717, 1.165) is 6.42 Å². The molecule has 0 spiro atoms. The summed E-state index contributed by atoms with van der Waals surface area (Å²) in [6, 6.07) is 0. The molecule has 0 aliphatic heterocycles. The molecule has 0 aromatic carbocycles. The van der Waals surface area contributed by atoms with Gasteiger partial charge in [0.25, 0.3) is 0 Å². The Balaban J connectivity index is 2.57. The van der Waals surface area contributed by atoms with Crippen LogP contribution >= 0.6 is 11.6 Å². The molecular weight excluding hydrogens is 108 g/mol. The van der Waals surface area contributed by atoms with Gasteiger partial charge in [-0.15, -0.1) is 0 Å². The van der Waals surface area contributed by atoms with Crippen LogP contribution in [0.2, 0.25) is 0 Å². The van der Waals surface area contributed by atoms with Gasteiger partial charge in [-0.1, -0.05) is 17.7 Å². The summed E-state index contributed by atoms with van der Waals surface area (Å²) in [5.74, 6) is 0. The first kappa shape index (κ1) is 4.92. The fourth-order valence-electron chi connectivity index (χ4n) is 0.385. The van der Waals surface area contributed by atoms with Crippen LogP contribution in [0.1, 0.15) is 6.42 Å². The molecule has 1 heteroatoms. The first-order valence-corrected chi connectivity index (χ1v) is 2.43. The summed E-state index contributed by atoms with van der Waals surface area (Å²) in [6.07, 6.45) is 10.1. The lowest BCUT2D eigenvalue weighted by molar-refractivity contribution is 1.21. The van der Waals surface area contributed by atoms with Crippen molar-refractivity contribution >= 4 is 11.6 Å². The lowest BCUT2D eigenvalue weighted by Crippen LogP contribution is -1.77. The fourth-order valence-corrected chi connectivity index (χ4v) is 0.515. The van der Waals surface area contributed by atoms with E-state index in [9.17, 15) is 0 Å². The SMILES string of the molecule is ClC1=CC=[C]C[C]1. The van der Waals surface area contributed by atoms with Crippen LogP contribution in [0.25, 0.3) is 0 Å². The first-order chi connectivity index (χ1) is 3.39. The molecule has 0 saturated carbocycles.